The summed E-state index contributed by atoms with van der Waals surface area (Å²) in [5, 5.41) is 0. The van der Waals surface area contributed by atoms with E-state index in [-0.39, 0.29) is 21.9 Å². The minimum absolute atomic E-state index is 0. The van der Waals surface area contributed by atoms with Crippen molar-refractivity contribution < 1.29 is 119 Å². The number of phosphoric acid groups is 4. The lowest BCUT2D eigenvalue weighted by Crippen LogP contribution is -2.47. The summed E-state index contributed by atoms with van der Waals surface area (Å²) in [7, 11) is -16.8. The Balaban J connectivity index is -0.000000326. The van der Waals surface area contributed by atoms with Gasteiger partial charge >= 0.3 is 0 Å². The molecule has 0 spiro atoms. The second kappa shape index (κ2) is 31.2. The van der Waals surface area contributed by atoms with Crippen LogP contribution in [-0.2, 0) is 61.7 Å². The van der Waals surface area contributed by atoms with E-state index in [4.69, 9.17) is 18.9 Å². The van der Waals surface area contributed by atoms with Crippen LogP contribution in [0.5, 0.6) is 23.0 Å². The van der Waals surface area contributed by atoms with Crippen LogP contribution in [0.15, 0.2) is 97.1 Å². The third-order valence-electron chi connectivity index (χ3n) is 6.59. The van der Waals surface area contributed by atoms with Crippen molar-refractivity contribution >= 4 is 31.3 Å². The van der Waals surface area contributed by atoms with Crippen LogP contribution in [0.3, 0.4) is 0 Å². The van der Waals surface area contributed by atoms with Crippen LogP contribution < -0.4 is 61.5 Å². The smallest absolute Gasteiger partial charge is 0.280 e. The molecule has 1 fully saturated rings. The molecule has 0 unspecified atom stereocenters. The third-order valence-corrected chi connectivity index (χ3v) is 13.0. The fourth-order valence-electron chi connectivity index (χ4n) is 3.72. The van der Waals surface area contributed by atoms with Gasteiger partial charge in [0.15, 0.2) is 0 Å². The molecule has 4 aromatic rings. The molecule has 0 radical (unpaired) electrons. The predicted octanol–water partition coefficient (Wildman–Crippen LogP) is -3.61. The van der Waals surface area contributed by atoms with E-state index in [1.165, 1.54) is 22.3 Å². The zero-order chi connectivity index (χ0) is 42.4. The van der Waals surface area contributed by atoms with E-state index in [1.807, 2.05) is 97.1 Å². The largest absolute Gasteiger partial charge is 0.756 e. The summed E-state index contributed by atoms with van der Waals surface area (Å²) < 4.78 is 74.5. The molecular weight excluding hydrogens is 884 g/mol. The molecule has 0 aliphatic carbocycles. The monoisotopic (exact) mass is 940 g/mol. The Hall–Kier alpha value is -3.64. The van der Waals surface area contributed by atoms with Crippen molar-refractivity contribution in [3.8, 4) is 23.0 Å². The fourth-order valence-corrected chi connectivity index (χ4v) is 9.19. The lowest BCUT2D eigenvalue weighted by Gasteiger charge is -2.41. The molecule has 5 rings (SSSR count). The molecular formula is C32H56N4O20P4. The Morgan fingerprint density at radius 3 is 0.600 bits per heavy atom. The van der Waals surface area contributed by atoms with E-state index in [0.29, 0.717) is 0 Å². The average Bonchev–Trinajstić information content (AvgIpc) is 3.16. The first kappa shape index (κ1) is 63.0. The van der Waals surface area contributed by atoms with Gasteiger partial charge in [-0.05, 0) is 97.1 Å². The van der Waals surface area contributed by atoms with Crippen molar-refractivity contribution in [2.75, 3.05) is 28.4 Å². The van der Waals surface area contributed by atoms with Crippen LogP contribution in [0.1, 0.15) is 22.3 Å². The molecule has 0 aromatic heterocycles. The van der Waals surface area contributed by atoms with E-state index in [0.717, 1.165) is 49.2 Å². The molecule has 1 saturated heterocycles. The Morgan fingerprint density at radius 1 is 0.367 bits per heavy atom. The standard InChI is InChI=1S/4C8H11NO.H4O12P4.4H2O/c4*1-10-8-4-2-7(6-9)3-5-8;1-13(2)9-14(3,4)11-16(7,8)12-15(5,6)10-13;;;;/h4*2-5H,6,9H2,1H3;(H,1,2)(H,3,4)(H,5,6)(H,7,8);4*1H2. The first-order valence-electron chi connectivity index (χ1n) is 16.1. The Bertz CT molecular complexity index is 1520. The van der Waals surface area contributed by atoms with Crippen molar-refractivity contribution in [3.63, 3.8) is 0 Å². The summed E-state index contributed by atoms with van der Waals surface area (Å²) in [4.78, 5) is 42.2. The van der Waals surface area contributed by atoms with Gasteiger partial charge in [-0.3, -0.25) is 18.3 Å². The van der Waals surface area contributed by atoms with Gasteiger partial charge in [-0.15, -0.1) is 0 Å². The van der Waals surface area contributed by atoms with Crippen LogP contribution in [0, 0.1) is 0 Å². The lowest BCUT2D eigenvalue weighted by atomic mass is 10.2. The Kier molecular flexibility index (Phi) is 32.8. The van der Waals surface area contributed by atoms with Gasteiger partial charge in [-0.1, -0.05) is 0 Å². The van der Waals surface area contributed by atoms with Gasteiger partial charge in [0.25, 0.3) is 31.3 Å². The average molecular weight is 941 g/mol. The van der Waals surface area contributed by atoms with Crippen molar-refractivity contribution in [3.05, 3.63) is 119 Å². The molecule has 60 heavy (non-hydrogen) atoms. The number of hydrogen-bond acceptors (Lipinski definition) is 16. The molecule has 0 saturated carbocycles. The number of ether oxygens (including phenoxy) is 4. The highest BCUT2D eigenvalue weighted by Gasteiger charge is 2.35. The molecule has 20 N–H and O–H groups in total. The number of benzene rings is 4. The van der Waals surface area contributed by atoms with Gasteiger partial charge < -0.3 is 83.4 Å². The van der Waals surface area contributed by atoms with E-state index in [1.54, 1.807) is 28.4 Å². The topological polar surface area (TPSA) is 471 Å². The summed E-state index contributed by atoms with van der Waals surface area (Å²) in [6.07, 6.45) is 0. The van der Waals surface area contributed by atoms with Crippen molar-refractivity contribution in [1.82, 2.24) is 0 Å². The summed E-state index contributed by atoms with van der Waals surface area (Å²) in [5.74, 6) is 3.60. The van der Waals surface area contributed by atoms with E-state index in [9.17, 15) is 37.8 Å². The van der Waals surface area contributed by atoms with Gasteiger partial charge in [0.2, 0.25) is 0 Å². The van der Waals surface area contributed by atoms with Crippen molar-refractivity contribution in [2.45, 2.75) is 26.2 Å². The Labute approximate surface area is 346 Å². The van der Waals surface area contributed by atoms with E-state index in [2.05, 4.69) is 40.2 Å². The second-order valence-electron chi connectivity index (χ2n) is 10.5. The SMILES string of the molecule is COc1ccc(C[NH3+])cc1.COc1ccc(C[NH3+])cc1.COc1ccc(C[NH3+])cc1.COc1ccc(C[NH3+])cc1.O.O.O.O.O=P1([O-])OP(=O)([O-])OP(=O)([O-])OP(=O)([O-])O1. The molecule has 0 bridgehead atoms. The van der Waals surface area contributed by atoms with Gasteiger partial charge in [0.1, 0.15) is 23.0 Å². The second-order valence-corrected chi connectivity index (χ2v) is 16.7. The zero-order valence-corrected chi connectivity index (χ0v) is 36.8. The number of rotatable bonds is 8. The quantitative estimate of drug-likeness (QED) is 0.124. The molecule has 1 aliphatic rings. The number of methoxy groups -OCH3 is 4. The predicted molar refractivity (Wildman–Crippen MR) is 208 cm³/mol. The third kappa shape index (κ3) is 26.5. The maximum Gasteiger partial charge on any atom is 0.280 e. The van der Waals surface area contributed by atoms with Crippen LogP contribution in [0.2, 0.25) is 0 Å². The number of quaternary nitrogens is 4. The molecule has 4 aromatic carbocycles. The van der Waals surface area contributed by atoms with Crippen molar-refractivity contribution in [2.24, 2.45) is 0 Å². The first-order chi connectivity index (χ1) is 26.3. The molecule has 1 aliphatic heterocycles. The Morgan fingerprint density at radius 2 is 0.500 bits per heavy atom. The molecule has 0 atom stereocenters. The maximum absolute atomic E-state index is 10.6. The van der Waals surface area contributed by atoms with Gasteiger partial charge in [-0.25, -0.2) is 17.2 Å². The highest BCUT2D eigenvalue weighted by molar-refractivity contribution is 7.73. The fraction of sp³-hybridized carbons (Fsp3) is 0.250. The lowest BCUT2D eigenvalue weighted by molar-refractivity contribution is -0.386. The zero-order valence-electron chi connectivity index (χ0n) is 33.2. The molecule has 0 amide bonds. The van der Waals surface area contributed by atoms with Crippen molar-refractivity contribution in [1.29, 1.82) is 0 Å². The summed E-state index contributed by atoms with van der Waals surface area (Å²) in [5.41, 5.74) is 20.0. The molecule has 344 valence electrons. The van der Waals surface area contributed by atoms with Gasteiger partial charge in [0.05, 0.1) is 54.6 Å². The number of hydrogen-bond donors (Lipinski definition) is 4. The minimum Gasteiger partial charge on any atom is -0.756 e. The minimum atomic E-state index is -5.87. The molecule has 28 heteroatoms. The molecule has 24 nitrogen and oxygen atoms in total. The van der Waals surface area contributed by atoms with Crippen LogP contribution in [-0.4, -0.2) is 50.3 Å². The van der Waals surface area contributed by atoms with E-state index >= 15 is 0 Å². The maximum atomic E-state index is 10.6. The summed E-state index contributed by atoms with van der Waals surface area (Å²) in [6.45, 7) is 3.35. The molecule has 1 heterocycles. The van der Waals surface area contributed by atoms with Gasteiger partial charge in [-0.2, -0.15) is 0 Å². The van der Waals surface area contributed by atoms with Crippen LogP contribution >= 0.6 is 31.3 Å². The first-order valence-corrected chi connectivity index (χ1v) is 21.9. The van der Waals surface area contributed by atoms with Crippen LogP contribution in [0.4, 0.5) is 0 Å². The highest BCUT2D eigenvalue weighted by Crippen LogP contribution is 2.73. The van der Waals surface area contributed by atoms with Gasteiger partial charge in [0, 0.05) is 22.3 Å². The van der Waals surface area contributed by atoms with Crippen LogP contribution in [0.25, 0.3) is 0 Å². The highest BCUT2D eigenvalue weighted by atomic mass is 31.3. The van der Waals surface area contributed by atoms with E-state index < -0.39 is 31.3 Å². The summed E-state index contributed by atoms with van der Waals surface area (Å²) >= 11 is 0. The summed E-state index contributed by atoms with van der Waals surface area (Å²) in [6, 6.07) is 31.7. The normalized spacial score (nSPS) is 21.0.